The molecule has 0 saturated carbocycles. The van der Waals surface area contributed by atoms with Crippen molar-refractivity contribution >= 4 is 0 Å². The molecule has 0 aromatic heterocycles. The number of rotatable bonds is 0. The van der Waals surface area contributed by atoms with Gasteiger partial charge in [-0.2, -0.15) is 5.01 Å². The fourth-order valence-corrected chi connectivity index (χ4v) is 2.26. The summed E-state index contributed by atoms with van der Waals surface area (Å²) < 4.78 is 0. The Morgan fingerprint density at radius 3 is 3.29 bits per heavy atom. The Bertz CT molecular complexity index is 365. The van der Waals surface area contributed by atoms with E-state index in [9.17, 15) is 0 Å². The standard InChI is InChI=1S/C11H13N3/c1-2-6-11-8-12-9-14(11)13-7-3-5-10(11)4-1/h1-7,12-13H,8-9H2. The molecule has 0 amide bonds. The van der Waals surface area contributed by atoms with Gasteiger partial charge in [-0.15, -0.1) is 0 Å². The molecular formula is C11H13N3. The summed E-state index contributed by atoms with van der Waals surface area (Å²) in [4.78, 5) is 0. The van der Waals surface area contributed by atoms with E-state index in [-0.39, 0.29) is 5.54 Å². The van der Waals surface area contributed by atoms with E-state index >= 15 is 0 Å². The number of hydrazine groups is 1. The Morgan fingerprint density at radius 2 is 2.29 bits per heavy atom. The summed E-state index contributed by atoms with van der Waals surface area (Å²) in [7, 11) is 0. The van der Waals surface area contributed by atoms with E-state index in [1.807, 2.05) is 6.20 Å². The molecule has 1 spiro atoms. The molecule has 2 heterocycles. The van der Waals surface area contributed by atoms with Crippen molar-refractivity contribution in [1.29, 1.82) is 0 Å². The van der Waals surface area contributed by atoms with Gasteiger partial charge in [0.25, 0.3) is 0 Å². The molecule has 3 rings (SSSR count). The highest BCUT2D eigenvalue weighted by molar-refractivity contribution is 5.46. The number of nitrogens with zero attached hydrogens (tertiary/aromatic N) is 1. The lowest BCUT2D eigenvalue weighted by atomic mass is 9.86. The smallest absolute Gasteiger partial charge is 0.0971 e. The van der Waals surface area contributed by atoms with E-state index in [0.717, 1.165) is 13.2 Å². The van der Waals surface area contributed by atoms with E-state index in [2.05, 4.69) is 52.2 Å². The van der Waals surface area contributed by atoms with Crippen LogP contribution in [0.3, 0.4) is 0 Å². The Hall–Kier alpha value is -1.32. The van der Waals surface area contributed by atoms with Crippen LogP contribution in [0.5, 0.6) is 0 Å². The van der Waals surface area contributed by atoms with E-state index in [0.29, 0.717) is 0 Å². The predicted octanol–water partition coefficient (Wildman–Crippen LogP) is 0.672. The minimum Gasteiger partial charge on any atom is -0.324 e. The second kappa shape index (κ2) is 2.83. The summed E-state index contributed by atoms with van der Waals surface area (Å²) in [6.45, 7) is 1.84. The van der Waals surface area contributed by atoms with Crippen molar-refractivity contribution in [1.82, 2.24) is 15.8 Å². The first-order chi connectivity index (χ1) is 6.92. The summed E-state index contributed by atoms with van der Waals surface area (Å²) >= 11 is 0. The summed E-state index contributed by atoms with van der Waals surface area (Å²) in [6, 6.07) is 0. The van der Waals surface area contributed by atoms with Crippen molar-refractivity contribution in [3.63, 3.8) is 0 Å². The van der Waals surface area contributed by atoms with Crippen molar-refractivity contribution in [3.8, 4) is 0 Å². The maximum absolute atomic E-state index is 3.39. The number of nitrogens with one attached hydrogen (secondary N) is 2. The minimum absolute atomic E-state index is 0.0122. The van der Waals surface area contributed by atoms with E-state index < -0.39 is 0 Å². The minimum atomic E-state index is 0.0122. The van der Waals surface area contributed by atoms with Crippen LogP contribution >= 0.6 is 0 Å². The SMILES string of the molecule is C1=CNN2CNCC23C=CC=CC3=C1. The normalized spacial score (nSPS) is 34.4. The average molecular weight is 187 g/mol. The zero-order valence-electron chi connectivity index (χ0n) is 7.90. The van der Waals surface area contributed by atoms with Crippen molar-refractivity contribution in [2.75, 3.05) is 13.2 Å². The molecule has 1 aliphatic carbocycles. The van der Waals surface area contributed by atoms with Gasteiger partial charge in [0.05, 0.1) is 12.2 Å². The first-order valence-corrected chi connectivity index (χ1v) is 4.90. The Labute approximate surface area is 83.4 Å². The maximum atomic E-state index is 3.39. The van der Waals surface area contributed by atoms with Crippen LogP contribution in [0.25, 0.3) is 0 Å². The summed E-state index contributed by atoms with van der Waals surface area (Å²) in [5.41, 5.74) is 4.64. The van der Waals surface area contributed by atoms with Crippen molar-refractivity contribution in [3.05, 3.63) is 48.2 Å². The van der Waals surface area contributed by atoms with Crippen molar-refractivity contribution in [2.45, 2.75) is 5.54 Å². The molecular weight excluding hydrogens is 174 g/mol. The van der Waals surface area contributed by atoms with Crippen LogP contribution in [-0.4, -0.2) is 23.8 Å². The van der Waals surface area contributed by atoms with Gasteiger partial charge in [-0.25, -0.2) is 0 Å². The monoisotopic (exact) mass is 187 g/mol. The first kappa shape index (κ1) is 8.03. The van der Waals surface area contributed by atoms with Crippen LogP contribution in [0, 0.1) is 0 Å². The molecule has 0 aromatic carbocycles. The van der Waals surface area contributed by atoms with Gasteiger partial charge in [-0.3, -0.25) is 0 Å². The van der Waals surface area contributed by atoms with Gasteiger partial charge in [0.1, 0.15) is 0 Å². The summed E-state index contributed by atoms with van der Waals surface area (Å²) in [5.74, 6) is 0. The maximum Gasteiger partial charge on any atom is 0.0971 e. The average Bonchev–Trinajstić information content (AvgIpc) is 2.51. The fraction of sp³-hybridized carbons (Fsp3) is 0.273. The molecule has 14 heavy (non-hydrogen) atoms. The lowest BCUT2D eigenvalue weighted by Crippen LogP contribution is -2.50. The molecule has 2 N–H and O–H groups in total. The van der Waals surface area contributed by atoms with Gasteiger partial charge in [0, 0.05) is 12.7 Å². The number of hydrogen-bond acceptors (Lipinski definition) is 3. The highest BCUT2D eigenvalue weighted by Gasteiger charge is 2.42. The first-order valence-electron chi connectivity index (χ1n) is 4.90. The van der Waals surface area contributed by atoms with Crippen LogP contribution in [0.2, 0.25) is 0 Å². The van der Waals surface area contributed by atoms with E-state index in [4.69, 9.17) is 0 Å². The third-order valence-electron chi connectivity index (χ3n) is 3.01. The predicted molar refractivity (Wildman–Crippen MR) is 56.1 cm³/mol. The van der Waals surface area contributed by atoms with E-state index in [1.165, 1.54) is 5.57 Å². The van der Waals surface area contributed by atoms with Crippen LogP contribution in [0.1, 0.15) is 0 Å². The molecule has 3 aliphatic rings. The van der Waals surface area contributed by atoms with Gasteiger partial charge >= 0.3 is 0 Å². The third-order valence-corrected chi connectivity index (χ3v) is 3.01. The van der Waals surface area contributed by atoms with Crippen LogP contribution < -0.4 is 10.7 Å². The number of allylic oxidation sites excluding steroid dienone is 4. The van der Waals surface area contributed by atoms with E-state index in [1.54, 1.807) is 0 Å². The zero-order valence-corrected chi connectivity index (χ0v) is 7.90. The van der Waals surface area contributed by atoms with Gasteiger partial charge in [-0.05, 0) is 11.6 Å². The van der Waals surface area contributed by atoms with Crippen LogP contribution in [-0.2, 0) is 0 Å². The molecule has 0 bridgehead atoms. The molecule has 0 radical (unpaired) electrons. The quantitative estimate of drug-likeness (QED) is 0.583. The third kappa shape index (κ3) is 0.937. The lowest BCUT2D eigenvalue weighted by molar-refractivity contribution is 0.178. The second-order valence-electron chi connectivity index (χ2n) is 3.77. The van der Waals surface area contributed by atoms with Crippen LogP contribution in [0.15, 0.2) is 48.2 Å². The number of hydrogen-bond donors (Lipinski definition) is 2. The Kier molecular flexibility index (Phi) is 1.63. The highest BCUT2D eigenvalue weighted by Crippen LogP contribution is 2.32. The van der Waals surface area contributed by atoms with Crippen LogP contribution in [0.4, 0.5) is 0 Å². The summed E-state index contributed by atoms with van der Waals surface area (Å²) in [6.07, 6.45) is 14.8. The summed E-state index contributed by atoms with van der Waals surface area (Å²) in [5, 5.41) is 5.61. The molecule has 1 atom stereocenters. The molecule has 1 saturated heterocycles. The molecule has 2 aliphatic heterocycles. The topological polar surface area (TPSA) is 27.3 Å². The second-order valence-corrected chi connectivity index (χ2v) is 3.77. The molecule has 0 aromatic rings. The van der Waals surface area contributed by atoms with Gasteiger partial charge in [0.2, 0.25) is 0 Å². The molecule has 3 nitrogen and oxygen atoms in total. The largest absolute Gasteiger partial charge is 0.324 e. The van der Waals surface area contributed by atoms with Crippen molar-refractivity contribution < 1.29 is 0 Å². The molecule has 72 valence electrons. The Balaban J connectivity index is 2.12. The zero-order chi connectivity index (χ0) is 9.43. The van der Waals surface area contributed by atoms with Gasteiger partial charge in [0.15, 0.2) is 0 Å². The van der Waals surface area contributed by atoms with Crippen molar-refractivity contribution in [2.24, 2.45) is 0 Å². The lowest BCUT2D eigenvalue weighted by Gasteiger charge is -2.36. The molecule has 1 unspecified atom stereocenters. The van der Waals surface area contributed by atoms with Gasteiger partial charge in [-0.1, -0.05) is 30.4 Å². The molecule has 3 heteroatoms. The van der Waals surface area contributed by atoms with Gasteiger partial charge < -0.3 is 10.7 Å². The fourth-order valence-electron chi connectivity index (χ4n) is 2.26. The molecule has 1 fully saturated rings. The highest BCUT2D eigenvalue weighted by atomic mass is 15.6. The Morgan fingerprint density at radius 1 is 1.29 bits per heavy atom.